The maximum Gasteiger partial charge on any atom is 0.327 e. The van der Waals surface area contributed by atoms with Gasteiger partial charge in [0, 0.05) is 36.7 Å². The number of methoxy groups -OCH3 is 1. The monoisotopic (exact) mass is 277 g/mol. The largest absolute Gasteiger partial charge is 0.468 e. The molecule has 1 fully saturated rings. The van der Waals surface area contributed by atoms with Crippen LogP contribution in [0, 0.1) is 0 Å². The lowest BCUT2D eigenvalue weighted by molar-refractivity contribution is -0.141. The molecule has 0 atom stereocenters. The smallest absolute Gasteiger partial charge is 0.327 e. The van der Waals surface area contributed by atoms with Crippen LogP contribution in [0.4, 0.5) is 0 Å². The van der Waals surface area contributed by atoms with E-state index >= 15 is 0 Å². The lowest BCUT2D eigenvalue weighted by Gasteiger charge is -2.22. The van der Waals surface area contributed by atoms with Gasteiger partial charge in [-0.3, -0.25) is 9.48 Å². The number of hydrogen-bond donors (Lipinski definition) is 1. The van der Waals surface area contributed by atoms with Gasteiger partial charge in [-0.1, -0.05) is 19.3 Å². The van der Waals surface area contributed by atoms with Crippen molar-refractivity contribution in [1.29, 1.82) is 0 Å². The molecule has 0 spiro atoms. The molecular weight excluding hydrogens is 254 g/mol. The van der Waals surface area contributed by atoms with E-state index in [2.05, 4.69) is 5.32 Å². The zero-order valence-electron chi connectivity index (χ0n) is 12.2. The summed E-state index contributed by atoms with van der Waals surface area (Å²) in [7, 11) is 1.43. The van der Waals surface area contributed by atoms with Crippen LogP contribution in [0.1, 0.15) is 55.0 Å². The first kappa shape index (κ1) is 13.6. The summed E-state index contributed by atoms with van der Waals surface area (Å²) in [5.74, 6) is 0.361. The first-order chi connectivity index (χ1) is 9.79. The summed E-state index contributed by atoms with van der Waals surface area (Å²) in [4.78, 5) is 11.6. The van der Waals surface area contributed by atoms with E-state index in [0.29, 0.717) is 5.92 Å². The summed E-state index contributed by atoms with van der Waals surface area (Å²) < 4.78 is 6.67. The van der Waals surface area contributed by atoms with Crippen LogP contribution in [-0.4, -0.2) is 29.4 Å². The Hall–Kier alpha value is -1.36. The summed E-state index contributed by atoms with van der Waals surface area (Å²) in [6.45, 7) is 2.10. The summed E-state index contributed by atoms with van der Waals surface area (Å²) in [6, 6.07) is 0. The Morgan fingerprint density at radius 3 is 2.95 bits per heavy atom. The van der Waals surface area contributed by atoms with Crippen LogP contribution in [0.2, 0.25) is 0 Å². The highest BCUT2D eigenvalue weighted by Gasteiger charge is 2.27. The van der Waals surface area contributed by atoms with Crippen molar-refractivity contribution in [3.63, 3.8) is 0 Å². The minimum Gasteiger partial charge on any atom is -0.468 e. The van der Waals surface area contributed by atoms with E-state index < -0.39 is 0 Å². The topological polar surface area (TPSA) is 56.2 Å². The van der Waals surface area contributed by atoms with E-state index in [0.717, 1.165) is 19.5 Å². The van der Waals surface area contributed by atoms with E-state index in [1.54, 1.807) is 0 Å². The van der Waals surface area contributed by atoms with E-state index in [1.165, 1.54) is 56.2 Å². The minimum absolute atomic E-state index is 0.218. The van der Waals surface area contributed by atoms with Gasteiger partial charge in [0.05, 0.1) is 12.8 Å². The van der Waals surface area contributed by atoms with Gasteiger partial charge >= 0.3 is 5.97 Å². The van der Waals surface area contributed by atoms with Gasteiger partial charge in [0.25, 0.3) is 0 Å². The fraction of sp³-hybridized carbons (Fsp3) is 0.733. The highest BCUT2D eigenvalue weighted by molar-refractivity contribution is 5.69. The molecule has 1 aromatic heterocycles. The normalized spacial score (nSPS) is 19.6. The van der Waals surface area contributed by atoms with E-state index in [9.17, 15) is 4.79 Å². The standard InChI is InChI=1S/C15H23N3O2/c1-20-14(19)10-18-13-7-8-16-9-12(13)15(17-18)11-5-3-2-4-6-11/h11,16H,2-10H2,1H3. The Balaban J connectivity index is 1.91. The van der Waals surface area contributed by atoms with Crippen molar-refractivity contribution in [2.24, 2.45) is 0 Å². The van der Waals surface area contributed by atoms with Crippen molar-refractivity contribution in [1.82, 2.24) is 15.1 Å². The lowest BCUT2D eigenvalue weighted by atomic mass is 9.84. The molecule has 1 aromatic rings. The third-order valence-electron chi connectivity index (χ3n) is 4.54. The second-order valence-electron chi connectivity index (χ2n) is 5.81. The molecule has 110 valence electrons. The summed E-state index contributed by atoms with van der Waals surface area (Å²) >= 11 is 0. The number of hydrogen-bond acceptors (Lipinski definition) is 4. The number of nitrogens with zero attached hydrogens (tertiary/aromatic N) is 2. The van der Waals surface area contributed by atoms with Crippen LogP contribution in [0.5, 0.6) is 0 Å². The number of ether oxygens (including phenoxy) is 1. The Morgan fingerprint density at radius 2 is 2.20 bits per heavy atom. The number of fused-ring (bicyclic) bond motifs is 1. The molecule has 0 unspecified atom stereocenters. The first-order valence-corrected chi connectivity index (χ1v) is 7.65. The van der Waals surface area contributed by atoms with Crippen LogP contribution in [-0.2, 0) is 29.0 Å². The lowest BCUT2D eigenvalue weighted by Crippen LogP contribution is -2.26. The van der Waals surface area contributed by atoms with Gasteiger partial charge in [0.2, 0.25) is 0 Å². The van der Waals surface area contributed by atoms with Gasteiger partial charge in [0.15, 0.2) is 0 Å². The fourth-order valence-corrected chi connectivity index (χ4v) is 3.47. The van der Waals surface area contributed by atoms with Gasteiger partial charge in [-0.25, -0.2) is 0 Å². The molecule has 2 aliphatic rings. The molecule has 0 radical (unpaired) electrons. The number of nitrogens with one attached hydrogen (secondary N) is 1. The average molecular weight is 277 g/mol. The second-order valence-corrected chi connectivity index (χ2v) is 5.81. The molecule has 2 heterocycles. The SMILES string of the molecule is COC(=O)Cn1nc(C2CCCCC2)c2c1CCNC2. The Kier molecular flexibility index (Phi) is 4.05. The number of esters is 1. The van der Waals surface area contributed by atoms with Crippen molar-refractivity contribution in [2.75, 3.05) is 13.7 Å². The first-order valence-electron chi connectivity index (χ1n) is 7.65. The van der Waals surface area contributed by atoms with Gasteiger partial charge < -0.3 is 10.1 Å². The Morgan fingerprint density at radius 1 is 1.40 bits per heavy atom. The third-order valence-corrected chi connectivity index (χ3v) is 4.54. The molecule has 5 heteroatoms. The molecule has 0 saturated heterocycles. The molecule has 1 N–H and O–H groups in total. The Labute approximate surface area is 119 Å². The number of carbonyl (C=O) groups excluding carboxylic acids is 1. The predicted molar refractivity (Wildman–Crippen MR) is 75.5 cm³/mol. The molecule has 0 amide bonds. The highest BCUT2D eigenvalue weighted by atomic mass is 16.5. The third kappa shape index (κ3) is 2.59. The zero-order chi connectivity index (χ0) is 13.9. The van der Waals surface area contributed by atoms with Crippen molar-refractivity contribution in [2.45, 2.75) is 57.5 Å². The molecular formula is C15H23N3O2. The minimum atomic E-state index is -0.218. The molecule has 20 heavy (non-hydrogen) atoms. The molecule has 1 aliphatic heterocycles. The van der Waals surface area contributed by atoms with Crippen molar-refractivity contribution >= 4 is 5.97 Å². The van der Waals surface area contributed by atoms with Gasteiger partial charge in [-0.15, -0.1) is 0 Å². The summed E-state index contributed by atoms with van der Waals surface area (Å²) in [5.41, 5.74) is 3.80. The zero-order valence-corrected chi connectivity index (χ0v) is 12.2. The quantitative estimate of drug-likeness (QED) is 0.855. The van der Waals surface area contributed by atoms with Crippen molar-refractivity contribution in [3.8, 4) is 0 Å². The van der Waals surface area contributed by atoms with E-state index in [4.69, 9.17) is 9.84 Å². The molecule has 1 saturated carbocycles. The summed E-state index contributed by atoms with van der Waals surface area (Å²) in [6.07, 6.45) is 7.38. The van der Waals surface area contributed by atoms with Crippen LogP contribution in [0.3, 0.4) is 0 Å². The van der Waals surface area contributed by atoms with Crippen molar-refractivity contribution in [3.05, 3.63) is 17.0 Å². The molecule has 0 aromatic carbocycles. The van der Waals surface area contributed by atoms with Crippen LogP contribution in [0.25, 0.3) is 0 Å². The highest BCUT2D eigenvalue weighted by Crippen LogP contribution is 2.35. The van der Waals surface area contributed by atoms with Crippen LogP contribution >= 0.6 is 0 Å². The maximum atomic E-state index is 11.6. The van der Waals surface area contributed by atoms with Gasteiger partial charge in [-0.2, -0.15) is 5.10 Å². The second kappa shape index (κ2) is 5.95. The number of carbonyl (C=O) groups is 1. The predicted octanol–water partition coefficient (Wildman–Crippen LogP) is 1.75. The van der Waals surface area contributed by atoms with Gasteiger partial charge in [-0.05, 0) is 12.8 Å². The number of aromatic nitrogens is 2. The fourth-order valence-electron chi connectivity index (χ4n) is 3.47. The molecule has 1 aliphatic carbocycles. The van der Waals surface area contributed by atoms with Gasteiger partial charge in [0.1, 0.15) is 6.54 Å². The molecule has 0 bridgehead atoms. The Bertz CT molecular complexity index is 490. The summed E-state index contributed by atoms with van der Waals surface area (Å²) in [5, 5.41) is 8.21. The molecule has 5 nitrogen and oxygen atoms in total. The maximum absolute atomic E-state index is 11.6. The average Bonchev–Trinajstić information content (AvgIpc) is 2.87. The molecule has 3 rings (SSSR count). The van der Waals surface area contributed by atoms with Crippen LogP contribution < -0.4 is 5.32 Å². The number of rotatable bonds is 3. The van der Waals surface area contributed by atoms with Crippen LogP contribution in [0.15, 0.2) is 0 Å². The van der Waals surface area contributed by atoms with E-state index in [-0.39, 0.29) is 12.5 Å². The van der Waals surface area contributed by atoms with Crippen molar-refractivity contribution < 1.29 is 9.53 Å². The van der Waals surface area contributed by atoms with E-state index in [1.807, 2.05) is 4.68 Å².